The van der Waals surface area contributed by atoms with Crippen molar-refractivity contribution in [2.75, 3.05) is 16.8 Å². The number of anilines is 2. The number of aromatic nitrogens is 2. The van der Waals surface area contributed by atoms with Crippen LogP contribution < -0.4 is 10.2 Å². The number of carbonyl (C=O) groups excluding carboxylic acids is 2. The highest BCUT2D eigenvalue weighted by Crippen LogP contribution is 2.31. The molecule has 4 rings (SSSR count). The van der Waals surface area contributed by atoms with E-state index in [9.17, 15) is 9.59 Å². The zero-order chi connectivity index (χ0) is 18.3. The lowest BCUT2D eigenvalue weighted by Crippen LogP contribution is -2.28. The minimum absolute atomic E-state index is 0.123. The summed E-state index contributed by atoms with van der Waals surface area (Å²) in [5, 5.41) is 11.6. The Morgan fingerprint density at radius 1 is 1.23 bits per heavy atom. The number of rotatable bonds is 3. The minimum atomic E-state index is -0.482. The van der Waals surface area contributed by atoms with Gasteiger partial charge in [0.1, 0.15) is 0 Å². The van der Waals surface area contributed by atoms with Gasteiger partial charge in [0.15, 0.2) is 5.82 Å². The van der Waals surface area contributed by atoms with Gasteiger partial charge in [-0.25, -0.2) is 0 Å². The largest absolute Gasteiger partial charge is 0.324 e. The molecule has 1 fully saturated rings. The quantitative estimate of drug-likeness (QED) is 0.714. The third kappa shape index (κ3) is 3.02. The topological polar surface area (TPSA) is 78.1 Å². The summed E-state index contributed by atoms with van der Waals surface area (Å²) in [7, 11) is 0. The van der Waals surface area contributed by atoms with E-state index in [1.54, 1.807) is 23.1 Å². The summed E-state index contributed by atoms with van der Waals surface area (Å²) in [4.78, 5) is 26.6. The average Bonchev–Trinajstić information content (AvgIpc) is 3.20. The van der Waals surface area contributed by atoms with Crippen molar-refractivity contribution in [3.8, 4) is 0 Å². The van der Waals surface area contributed by atoms with Gasteiger partial charge in [0.05, 0.1) is 22.1 Å². The lowest BCUT2D eigenvalue weighted by molar-refractivity contribution is -0.122. The van der Waals surface area contributed by atoms with Gasteiger partial charge in [-0.15, -0.1) is 0 Å². The third-order valence-corrected chi connectivity index (χ3v) is 4.94. The Kier molecular flexibility index (Phi) is 4.30. The van der Waals surface area contributed by atoms with Gasteiger partial charge in [0.2, 0.25) is 11.8 Å². The lowest BCUT2D eigenvalue weighted by Gasteiger charge is -2.14. The van der Waals surface area contributed by atoms with Crippen LogP contribution in [0.5, 0.6) is 0 Å². The molecule has 1 atom stereocenters. The summed E-state index contributed by atoms with van der Waals surface area (Å²) < 4.78 is 0. The van der Waals surface area contributed by atoms with Crippen LogP contribution in [0.3, 0.4) is 0 Å². The molecular weight excluding hydrogens is 375 g/mol. The fraction of sp³-hybridized carbons (Fsp3) is 0.167. The van der Waals surface area contributed by atoms with Crippen molar-refractivity contribution < 1.29 is 9.59 Å². The zero-order valence-corrected chi connectivity index (χ0v) is 15.0. The van der Waals surface area contributed by atoms with Crippen LogP contribution in [0.15, 0.2) is 42.5 Å². The van der Waals surface area contributed by atoms with Crippen LogP contribution in [0, 0.1) is 5.92 Å². The molecule has 2 amide bonds. The summed E-state index contributed by atoms with van der Waals surface area (Å²) in [5.41, 5.74) is 1.31. The molecular formula is C18H14Cl2N4O2. The molecule has 132 valence electrons. The van der Waals surface area contributed by atoms with Crippen molar-refractivity contribution in [1.29, 1.82) is 0 Å². The van der Waals surface area contributed by atoms with Crippen LogP contribution in [0.25, 0.3) is 10.9 Å². The number of H-pyrrole nitrogens is 1. The molecule has 0 saturated carbocycles. The number of nitrogens with one attached hydrogen (secondary N) is 2. The maximum atomic E-state index is 12.6. The third-order valence-electron chi connectivity index (χ3n) is 4.39. The van der Waals surface area contributed by atoms with Gasteiger partial charge >= 0.3 is 0 Å². The predicted molar refractivity (Wildman–Crippen MR) is 102 cm³/mol. The standard InChI is InChI=1S/C18H14Cl2N4O2/c19-11-5-6-15(13(20)8-11)21-18(26)10-7-16(25)24(9-10)17-12-3-1-2-4-14(12)22-23-17/h1-6,8,10H,7,9H2,(H,21,26)(H,22,23)/t10-/m0/s1. The van der Waals surface area contributed by atoms with Crippen molar-refractivity contribution in [3.05, 3.63) is 52.5 Å². The van der Waals surface area contributed by atoms with Gasteiger partial charge in [-0.2, -0.15) is 5.10 Å². The predicted octanol–water partition coefficient (Wildman–Crippen LogP) is 3.86. The summed E-state index contributed by atoms with van der Waals surface area (Å²) in [5.74, 6) is -0.329. The lowest BCUT2D eigenvalue weighted by atomic mass is 10.1. The number of nitrogens with zero attached hydrogens (tertiary/aromatic N) is 2. The summed E-state index contributed by atoms with van der Waals surface area (Å²) >= 11 is 12.0. The molecule has 8 heteroatoms. The number of aromatic amines is 1. The Hall–Kier alpha value is -2.57. The molecule has 1 aliphatic rings. The molecule has 0 spiro atoms. The van der Waals surface area contributed by atoms with Crippen molar-refractivity contribution in [3.63, 3.8) is 0 Å². The van der Waals surface area contributed by atoms with Gasteiger partial charge in [0, 0.05) is 23.4 Å². The van der Waals surface area contributed by atoms with E-state index in [0.717, 1.165) is 10.9 Å². The first-order valence-electron chi connectivity index (χ1n) is 8.02. The molecule has 1 aliphatic heterocycles. The van der Waals surface area contributed by atoms with E-state index in [0.29, 0.717) is 21.6 Å². The molecule has 2 aromatic carbocycles. The van der Waals surface area contributed by atoms with E-state index in [1.165, 1.54) is 0 Å². The SMILES string of the molecule is O=C(Nc1ccc(Cl)cc1Cl)[C@H]1CC(=O)N(c2n[nH]c3ccccc23)C1. The van der Waals surface area contributed by atoms with E-state index in [2.05, 4.69) is 15.5 Å². The number of hydrogen-bond donors (Lipinski definition) is 2. The first kappa shape index (κ1) is 16.9. The maximum absolute atomic E-state index is 12.6. The van der Waals surface area contributed by atoms with Crippen molar-refractivity contribution >= 4 is 57.4 Å². The minimum Gasteiger partial charge on any atom is -0.324 e. The Morgan fingerprint density at radius 3 is 2.85 bits per heavy atom. The highest BCUT2D eigenvalue weighted by atomic mass is 35.5. The molecule has 1 saturated heterocycles. The van der Waals surface area contributed by atoms with Gasteiger partial charge in [-0.3, -0.25) is 19.6 Å². The molecule has 6 nitrogen and oxygen atoms in total. The molecule has 0 aliphatic carbocycles. The zero-order valence-electron chi connectivity index (χ0n) is 13.5. The van der Waals surface area contributed by atoms with Crippen LogP contribution in [0.4, 0.5) is 11.5 Å². The number of benzene rings is 2. The Balaban J connectivity index is 1.53. The Bertz CT molecular complexity index is 1020. The van der Waals surface area contributed by atoms with Crippen molar-refractivity contribution in [1.82, 2.24) is 10.2 Å². The van der Waals surface area contributed by atoms with Crippen LogP contribution in [-0.2, 0) is 9.59 Å². The van der Waals surface area contributed by atoms with E-state index in [-0.39, 0.29) is 24.8 Å². The van der Waals surface area contributed by atoms with E-state index < -0.39 is 5.92 Å². The molecule has 3 aromatic rings. The van der Waals surface area contributed by atoms with Crippen LogP contribution >= 0.6 is 23.2 Å². The first-order valence-corrected chi connectivity index (χ1v) is 8.78. The smallest absolute Gasteiger partial charge is 0.229 e. The summed E-state index contributed by atoms with van der Waals surface area (Å²) in [6, 6.07) is 12.4. The maximum Gasteiger partial charge on any atom is 0.229 e. The first-order chi connectivity index (χ1) is 12.5. The average molecular weight is 389 g/mol. The molecule has 0 radical (unpaired) electrons. The molecule has 26 heavy (non-hydrogen) atoms. The van der Waals surface area contributed by atoms with Crippen LogP contribution in [0.2, 0.25) is 10.0 Å². The number of hydrogen-bond acceptors (Lipinski definition) is 3. The van der Waals surface area contributed by atoms with E-state index in [4.69, 9.17) is 23.2 Å². The van der Waals surface area contributed by atoms with Gasteiger partial charge < -0.3 is 5.32 Å². The number of carbonyl (C=O) groups is 2. The highest BCUT2D eigenvalue weighted by Gasteiger charge is 2.37. The second kappa shape index (κ2) is 6.63. The van der Waals surface area contributed by atoms with Gasteiger partial charge in [-0.1, -0.05) is 35.3 Å². The monoisotopic (exact) mass is 388 g/mol. The summed E-state index contributed by atoms with van der Waals surface area (Å²) in [6.07, 6.45) is 0.123. The number of fused-ring (bicyclic) bond motifs is 1. The molecule has 2 N–H and O–H groups in total. The van der Waals surface area contributed by atoms with E-state index >= 15 is 0 Å². The number of para-hydroxylation sites is 1. The molecule has 2 heterocycles. The van der Waals surface area contributed by atoms with Crippen molar-refractivity contribution in [2.24, 2.45) is 5.92 Å². The van der Waals surface area contributed by atoms with Gasteiger partial charge in [0.25, 0.3) is 0 Å². The van der Waals surface area contributed by atoms with Gasteiger partial charge in [-0.05, 0) is 30.3 Å². The van der Waals surface area contributed by atoms with E-state index in [1.807, 2.05) is 24.3 Å². The molecule has 1 aromatic heterocycles. The molecule has 0 unspecified atom stereocenters. The van der Waals surface area contributed by atoms with Crippen LogP contribution in [0.1, 0.15) is 6.42 Å². The second-order valence-electron chi connectivity index (χ2n) is 6.11. The highest BCUT2D eigenvalue weighted by molar-refractivity contribution is 6.36. The Labute approximate surface area is 159 Å². The van der Waals surface area contributed by atoms with Crippen LogP contribution in [-0.4, -0.2) is 28.6 Å². The molecule has 0 bridgehead atoms. The Morgan fingerprint density at radius 2 is 2.04 bits per heavy atom. The van der Waals surface area contributed by atoms with Crippen molar-refractivity contribution in [2.45, 2.75) is 6.42 Å². The fourth-order valence-corrected chi connectivity index (χ4v) is 3.52. The normalized spacial score (nSPS) is 17.1. The fourth-order valence-electron chi connectivity index (χ4n) is 3.07. The number of amides is 2. The number of halogens is 2. The second-order valence-corrected chi connectivity index (χ2v) is 6.96. The summed E-state index contributed by atoms with van der Waals surface area (Å²) in [6.45, 7) is 0.269.